The molecule has 0 bridgehead atoms. The molecule has 0 amide bonds. The van der Waals surface area contributed by atoms with Crippen LogP contribution in [0.5, 0.6) is 0 Å². The number of hydrogen-bond donors (Lipinski definition) is 0. The first-order chi connectivity index (χ1) is 9.77. The molecule has 0 saturated heterocycles. The quantitative estimate of drug-likeness (QED) is 0.598. The van der Waals surface area contributed by atoms with Crippen LogP contribution in [0, 0.1) is 5.82 Å². The highest BCUT2D eigenvalue weighted by Gasteiger charge is 2.35. The van der Waals surface area contributed by atoms with E-state index in [-0.39, 0.29) is 6.42 Å². The largest absolute Gasteiger partial charge is 0.417 e. The van der Waals surface area contributed by atoms with Crippen LogP contribution < -0.4 is 0 Å². The van der Waals surface area contributed by atoms with Gasteiger partial charge in [0.1, 0.15) is 5.82 Å². The van der Waals surface area contributed by atoms with Crippen LogP contribution in [0.15, 0.2) is 41.1 Å². The van der Waals surface area contributed by atoms with Gasteiger partial charge in [-0.3, -0.25) is 9.78 Å². The van der Waals surface area contributed by atoms with E-state index in [2.05, 4.69) is 20.9 Å². The van der Waals surface area contributed by atoms with Crippen molar-refractivity contribution in [1.82, 2.24) is 4.98 Å². The molecule has 0 spiro atoms. The third-order valence-corrected chi connectivity index (χ3v) is 3.15. The lowest BCUT2D eigenvalue weighted by Crippen LogP contribution is -2.15. The van der Waals surface area contributed by atoms with Crippen molar-refractivity contribution in [1.29, 1.82) is 0 Å². The molecule has 2 rings (SSSR count). The molecule has 1 aromatic carbocycles. The van der Waals surface area contributed by atoms with Gasteiger partial charge in [-0.1, -0.05) is 0 Å². The van der Waals surface area contributed by atoms with Crippen molar-refractivity contribution in [3.63, 3.8) is 0 Å². The molecule has 7 heteroatoms. The van der Waals surface area contributed by atoms with Gasteiger partial charge >= 0.3 is 6.18 Å². The fourth-order valence-electron chi connectivity index (χ4n) is 1.83. The van der Waals surface area contributed by atoms with Crippen LogP contribution in [-0.2, 0) is 12.6 Å². The summed E-state index contributed by atoms with van der Waals surface area (Å²) in [5.74, 6) is -1.71. The molecule has 0 saturated carbocycles. The Balaban J connectivity index is 2.37. The monoisotopic (exact) mass is 361 g/mol. The summed E-state index contributed by atoms with van der Waals surface area (Å²) in [6.45, 7) is 0. The summed E-state index contributed by atoms with van der Waals surface area (Å²) in [6, 6.07) is 3.43. The molecule has 2 nitrogen and oxygen atoms in total. The van der Waals surface area contributed by atoms with Gasteiger partial charge in [0, 0.05) is 28.9 Å². The molecule has 0 fully saturated rings. The molecule has 0 unspecified atom stereocenters. The summed E-state index contributed by atoms with van der Waals surface area (Å²) in [4.78, 5) is 15.9. The van der Waals surface area contributed by atoms with Gasteiger partial charge in [-0.25, -0.2) is 4.39 Å². The average Bonchev–Trinajstić information content (AvgIpc) is 2.37. The Hall–Kier alpha value is -1.76. The number of Topliss-reactive ketones (excluding diaryl/α,β-unsaturated/α-hetero) is 1. The second kappa shape index (κ2) is 5.93. The Morgan fingerprint density at radius 2 is 1.90 bits per heavy atom. The van der Waals surface area contributed by atoms with Gasteiger partial charge in [-0.05, 0) is 45.8 Å². The number of rotatable bonds is 3. The number of ketones is 1. The number of alkyl halides is 3. The van der Waals surface area contributed by atoms with Crippen LogP contribution in [0.25, 0.3) is 0 Å². The van der Waals surface area contributed by atoms with Gasteiger partial charge in [0.2, 0.25) is 0 Å². The van der Waals surface area contributed by atoms with Gasteiger partial charge in [-0.15, -0.1) is 0 Å². The zero-order valence-corrected chi connectivity index (χ0v) is 12.0. The van der Waals surface area contributed by atoms with Crippen LogP contribution >= 0.6 is 15.9 Å². The lowest BCUT2D eigenvalue weighted by atomic mass is 9.98. The predicted molar refractivity (Wildman–Crippen MR) is 71.4 cm³/mol. The molecular weight excluding hydrogens is 354 g/mol. The van der Waals surface area contributed by atoms with E-state index in [1.165, 1.54) is 12.4 Å². The first kappa shape index (κ1) is 15.6. The third-order valence-electron chi connectivity index (χ3n) is 2.71. The van der Waals surface area contributed by atoms with E-state index in [9.17, 15) is 22.4 Å². The smallest absolute Gasteiger partial charge is 0.294 e. The minimum atomic E-state index is -4.71. The van der Waals surface area contributed by atoms with Gasteiger partial charge in [0.05, 0.1) is 5.56 Å². The van der Waals surface area contributed by atoms with Crippen molar-refractivity contribution >= 4 is 21.7 Å². The van der Waals surface area contributed by atoms with Gasteiger partial charge in [0.25, 0.3) is 0 Å². The van der Waals surface area contributed by atoms with Crippen LogP contribution in [0.3, 0.4) is 0 Å². The Labute approximate surface area is 125 Å². The zero-order chi connectivity index (χ0) is 15.6. The van der Waals surface area contributed by atoms with E-state index in [1.54, 1.807) is 6.07 Å². The number of nitrogens with zero attached hydrogens (tertiary/aromatic N) is 1. The van der Waals surface area contributed by atoms with E-state index < -0.39 is 28.9 Å². The summed E-state index contributed by atoms with van der Waals surface area (Å²) < 4.78 is 52.3. The average molecular weight is 362 g/mol. The fourth-order valence-corrected chi connectivity index (χ4v) is 2.24. The normalized spacial score (nSPS) is 11.5. The lowest BCUT2D eigenvalue weighted by molar-refractivity contribution is -0.137. The van der Waals surface area contributed by atoms with Crippen molar-refractivity contribution in [2.24, 2.45) is 0 Å². The topological polar surface area (TPSA) is 30.0 Å². The molecule has 2 aromatic rings. The Morgan fingerprint density at radius 3 is 2.52 bits per heavy atom. The lowest BCUT2D eigenvalue weighted by Gasteiger charge is -2.12. The van der Waals surface area contributed by atoms with Crippen LogP contribution in [-0.4, -0.2) is 10.8 Å². The molecule has 1 aromatic heterocycles. The van der Waals surface area contributed by atoms with E-state index in [4.69, 9.17) is 0 Å². The maximum absolute atomic E-state index is 13.2. The molecule has 0 aliphatic carbocycles. The molecule has 0 aliphatic rings. The maximum atomic E-state index is 13.2. The van der Waals surface area contributed by atoms with E-state index in [0.717, 1.165) is 0 Å². The highest BCUT2D eigenvalue weighted by Crippen LogP contribution is 2.33. The zero-order valence-electron chi connectivity index (χ0n) is 10.4. The van der Waals surface area contributed by atoms with Gasteiger partial charge in [-0.2, -0.15) is 13.2 Å². The Morgan fingerprint density at radius 1 is 1.19 bits per heavy atom. The number of pyridine rings is 1. The summed E-state index contributed by atoms with van der Waals surface area (Å²) in [6.07, 6.45) is -2.15. The van der Waals surface area contributed by atoms with Crippen molar-refractivity contribution < 1.29 is 22.4 Å². The molecule has 0 radical (unpaired) electrons. The van der Waals surface area contributed by atoms with Crippen LogP contribution in [0.2, 0.25) is 0 Å². The molecule has 0 aliphatic heterocycles. The predicted octanol–water partition coefficient (Wildman–Crippen LogP) is 4.43. The molecule has 0 N–H and O–H groups in total. The van der Waals surface area contributed by atoms with E-state index in [0.29, 0.717) is 28.2 Å². The van der Waals surface area contributed by atoms with E-state index in [1.807, 2.05) is 0 Å². The number of benzene rings is 1. The maximum Gasteiger partial charge on any atom is 0.417 e. The van der Waals surface area contributed by atoms with Crippen molar-refractivity contribution in [3.8, 4) is 0 Å². The van der Waals surface area contributed by atoms with Gasteiger partial charge < -0.3 is 0 Å². The van der Waals surface area contributed by atoms with Crippen LogP contribution in [0.1, 0.15) is 21.5 Å². The molecule has 21 heavy (non-hydrogen) atoms. The first-order valence-corrected chi connectivity index (χ1v) is 6.56. The second-order valence-corrected chi connectivity index (χ2v) is 5.21. The number of carbonyl (C=O) groups excluding carboxylic acids is 1. The van der Waals surface area contributed by atoms with Crippen molar-refractivity contribution in [3.05, 3.63) is 63.6 Å². The molecule has 0 atom stereocenters. The summed E-state index contributed by atoms with van der Waals surface area (Å²) in [5, 5.41) is 0. The minimum Gasteiger partial charge on any atom is -0.294 e. The third kappa shape index (κ3) is 3.87. The van der Waals surface area contributed by atoms with Crippen LogP contribution in [0.4, 0.5) is 17.6 Å². The summed E-state index contributed by atoms with van der Waals surface area (Å²) in [7, 11) is 0. The molecule has 110 valence electrons. The number of carbonyl (C=O) groups is 1. The first-order valence-electron chi connectivity index (χ1n) is 5.77. The minimum absolute atomic E-state index is 0.293. The Kier molecular flexibility index (Phi) is 4.41. The molecule has 1 heterocycles. The number of hydrogen-bond acceptors (Lipinski definition) is 2. The fraction of sp³-hybridized carbons (Fsp3) is 0.143. The second-order valence-electron chi connectivity index (χ2n) is 4.30. The summed E-state index contributed by atoms with van der Waals surface area (Å²) in [5.41, 5.74) is -1.38. The summed E-state index contributed by atoms with van der Waals surface area (Å²) >= 11 is 3.15. The number of aromatic nitrogens is 1. The molecular formula is C14H8BrF4NO. The SMILES string of the molecule is O=C(Cc1cncc(Br)c1)c1cc(F)ccc1C(F)(F)F. The number of halogens is 5. The Bertz CT molecular complexity index is 685. The van der Waals surface area contributed by atoms with Crippen molar-refractivity contribution in [2.75, 3.05) is 0 Å². The highest BCUT2D eigenvalue weighted by atomic mass is 79.9. The van der Waals surface area contributed by atoms with Gasteiger partial charge in [0.15, 0.2) is 5.78 Å². The highest BCUT2D eigenvalue weighted by molar-refractivity contribution is 9.10. The van der Waals surface area contributed by atoms with Crippen molar-refractivity contribution in [2.45, 2.75) is 12.6 Å². The standard InChI is InChI=1S/C14H8BrF4NO/c15-9-3-8(6-20-7-9)4-13(21)11-5-10(16)1-2-12(11)14(17,18)19/h1-3,5-7H,4H2. The van der Waals surface area contributed by atoms with E-state index >= 15 is 0 Å².